The fourth-order valence-electron chi connectivity index (χ4n) is 4.02. The van der Waals surface area contributed by atoms with E-state index in [-0.39, 0.29) is 18.6 Å². The monoisotopic (exact) mass is 353 g/mol. The summed E-state index contributed by atoms with van der Waals surface area (Å²) in [6.45, 7) is 2.65. The second-order valence-corrected chi connectivity index (χ2v) is 6.99. The van der Waals surface area contributed by atoms with Gasteiger partial charge in [0.15, 0.2) is 5.65 Å². The van der Waals surface area contributed by atoms with E-state index in [0.717, 1.165) is 34.9 Å². The minimum absolute atomic E-state index is 0.0226. The Morgan fingerprint density at radius 1 is 1.35 bits per heavy atom. The van der Waals surface area contributed by atoms with Gasteiger partial charge < -0.3 is 9.64 Å². The highest BCUT2D eigenvalue weighted by Crippen LogP contribution is 2.28. The Hall–Kier alpha value is -2.54. The van der Waals surface area contributed by atoms with E-state index in [0.29, 0.717) is 12.2 Å². The average molecular weight is 353 g/mol. The molecule has 1 aliphatic carbocycles. The number of hydrogen-bond acceptors (Lipinski definition) is 5. The van der Waals surface area contributed by atoms with E-state index in [2.05, 4.69) is 40.6 Å². The lowest BCUT2D eigenvalue weighted by molar-refractivity contribution is -0.138. The van der Waals surface area contributed by atoms with Crippen LogP contribution in [0.3, 0.4) is 0 Å². The van der Waals surface area contributed by atoms with Gasteiger partial charge in [0.25, 0.3) is 0 Å². The highest BCUT2D eigenvalue weighted by molar-refractivity contribution is 5.86. The molecule has 0 spiro atoms. The van der Waals surface area contributed by atoms with Crippen LogP contribution in [0.25, 0.3) is 16.6 Å². The van der Waals surface area contributed by atoms with Gasteiger partial charge in [-0.2, -0.15) is 4.52 Å². The number of nitrogens with zero attached hydrogens (tertiary/aromatic N) is 5. The molecule has 0 radical (unpaired) electrons. The van der Waals surface area contributed by atoms with Crippen LogP contribution in [0, 0.1) is 6.92 Å². The minimum atomic E-state index is 0.0226. The fraction of sp³-hybridized carbons (Fsp3) is 0.474. The fourth-order valence-corrected chi connectivity index (χ4v) is 4.02. The maximum absolute atomic E-state index is 12.7. The first-order valence-electron chi connectivity index (χ1n) is 9.06. The quantitative estimate of drug-likeness (QED) is 0.705. The van der Waals surface area contributed by atoms with Crippen LogP contribution >= 0.6 is 0 Å². The van der Waals surface area contributed by atoms with Crippen molar-refractivity contribution in [2.75, 3.05) is 13.7 Å². The first-order valence-corrected chi connectivity index (χ1v) is 9.06. The van der Waals surface area contributed by atoms with E-state index >= 15 is 0 Å². The van der Waals surface area contributed by atoms with E-state index < -0.39 is 0 Å². The number of benzene rings is 1. The molecule has 0 atom stereocenters. The maximum atomic E-state index is 12.7. The summed E-state index contributed by atoms with van der Waals surface area (Å²) in [6, 6.07) is 8.51. The van der Waals surface area contributed by atoms with Crippen LogP contribution in [0.5, 0.6) is 0 Å². The van der Waals surface area contributed by atoms with E-state index in [9.17, 15) is 4.79 Å². The van der Waals surface area contributed by atoms with Crippen molar-refractivity contribution in [3.63, 3.8) is 0 Å². The molecule has 1 aromatic carbocycles. The molecule has 7 heteroatoms. The van der Waals surface area contributed by atoms with E-state index in [4.69, 9.17) is 4.74 Å². The lowest BCUT2D eigenvalue weighted by Gasteiger charge is -2.29. The van der Waals surface area contributed by atoms with Crippen molar-refractivity contribution in [1.82, 2.24) is 24.9 Å². The lowest BCUT2D eigenvalue weighted by atomic mass is 10.1. The number of pyridine rings is 1. The Bertz CT molecular complexity index is 946. The molecule has 1 aliphatic rings. The normalized spacial score (nSPS) is 15.2. The molecule has 0 unspecified atom stereocenters. The number of carbonyl (C=O) groups excluding carboxylic acids is 1. The molecule has 0 saturated heterocycles. The second-order valence-electron chi connectivity index (χ2n) is 6.99. The Balaban J connectivity index is 1.78. The summed E-state index contributed by atoms with van der Waals surface area (Å²) in [5, 5.41) is 13.4. The Labute approximate surface area is 151 Å². The summed E-state index contributed by atoms with van der Waals surface area (Å²) in [4.78, 5) is 14.6. The predicted octanol–water partition coefficient (Wildman–Crippen LogP) is 2.50. The summed E-state index contributed by atoms with van der Waals surface area (Å²) in [6.07, 6.45) is 4.42. The van der Waals surface area contributed by atoms with Gasteiger partial charge in [0, 0.05) is 30.6 Å². The number of aromatic nitrogens is 4. The van der Waals surface area contributed by atoms with E-state index in [1.165, 1.54) is 12.8 Å². The largest absolute Gasteiger partial charge is 0.375 e. The molecular weight excluding hydrogens is 330 g/mol. The third-order valence-electron chi connectivity index (χ3n) is 5.26. The molecule has 2 heterocycles. The van der Waals surface area contributed by atoms with Crippen molar-refractivity contribution in [2.45, 2.75) is 45.2 Å². The van der Waals surface area contributed by atoms with Crippen molar-refractivity contribution in [3.8, 4) is 0 Å². The SMILES string of the molecule is COCC(=O)N(Cc1cc2cccc(C)c2n2nnnc12)C1CCCC1. The summed E-state index contributed by atoms with van der Waals surface area (Å²) < 4.78 is 6.89. The van der Waals surface area contributed by atoms with Crippen LogP contribution in [0.15, 0.2) is 24.3 Å². The van der Waals surface area contributed by atoms with Crippen molar-refractivity contribution in [3.05, 3.63) is 35.4 Å². The van der Waals surface area contributed by atoms with Gasteiger partial charge in [-0.15, -0.1) is 5.10 Å². The summed E-state index contributed by atoms with van der Waals surface area (Å²) in [7, 11) is 1.56. The molecule has 2 aromatic heterocycles. The van der Waals surface area contributed by atoms with Crippen LogP contribution in [-0.4, -0.2) is 50.6 Å². The van der Waals surface area contributed by atoms with Crippen LogP contribution < -0.4 is 0 Å². The highest BCUT2D eigenvalue weighted by atomic mass is 16.5. The van der Waals surface area contributed by atoms with Crippen molar-refractivity contribution < 1.29 is 9.53 Å². The second kappa shape index (κ2) is 6.99. The first-order chi connectivity index (χ1) is 12.7. The molecule has 7 nitrogen and oxygen atoms in total. The smallest absolute Gasteiger partial charge is 0.249 e. The third kappa shape index (κ3) is 2.92. The zero-order valence-electron chi connectivity index (χ0n) is 15.2. The lowest BCUT2D eigenvalue weighted by Crippen LogP contribution is -2.40. The number of hydrogen-bond donors (Lipinski definition) is 0. The van der Waals surface area contributed by atoms with E-state index in [1.807, 2.05) is 11.0 Å². The number of rotatable bonds is 5. The minimum Gasteiger partial charge on any atom is -0.375 e. The van der Waals surface area contributed by atoms with Crippen LogP contribution in [0.4, 0.5) is 0 Å². The van der Waals surface area contributed by atoms with Gasteiger partial charge in [-0.3, -0.25) is 4.79 Å². The predicted molar refractivity (Wildman–Crippen MR) is 97.7 cm³/mol. The van der Waals surface area contributed by atoms with Gasteiger partial charge >= 0.3 is 0 Å². The van der Waals surface area contributed by atoms with Crippen molar-refractivity contribution in [1.29, 1.82) is 0 Å². The zero-order valence-corrected chi connectivity index (χ0v) is 15.2. The first kappa shape index (κ1) is 16.9. The molecule has 1 fully saturated rings. The molecular formula is C19H23N5O2. The molecule has 0 bridgehead atoms. The van der Waals surface area contributed by atoms with Crippen LogP contribution in [0.2, 0.25) is 0 Å². The van der Waals surface area contributed by atoms with Crippen LogP contribution in [-0.2, 0) is 16.1 Å². The summed E-state index contributed by atoms with van der Waals surface area (Å²) >= 11 is 0. The number of amides is 1. The number of fused-ring (bicyclic) bond motifs is 3. The molecule has 0 aliphatic heterocycles. The number of aryl methyl sites for hydroxylation is 1. The summed E-state index contributed by atoms with van der Waals surface area (Å²) in [5.41, 5.74) is 3.80. The number of tetrazole rings is 1. The molecule has 0 N–H and O–H groups in total. The Kier molecular flexibility index (Phi) is 4.55. The standard InChI is InChI=1S/C19H23N5O2/c1-13-6-5-7-14-10-15(19-20-21-22-24(19)18(13)14)11-23(17(25)12-26-2)16-8-3-4-9-16/h5-7,10,16H,3-4,8-9,11-12H2,1-2H3. The van der Waals surface area contributed by atoms with Crippen LogP contribution in [0.1, 0.15) is 36.8 Å². The number of para-hydroxylation sites is 1. The number of methoxy groups -OCH3 is 1. The van der Waals surface area contributed by atoms with Gasteiger partial charge in [-0.25, -0.2) is 0 Å². The molecule has 1 amide bonds. The molecule has 136 valence electrons. The van der Waals surface area contributed by atoms with Crippen molar-refractivity contribution in [2.24, 2.45) is 0 Å². The Morgan fingerprint density at radius 2 is 2.15 bits per heavy atom. The van der Waals surface area contributed by atoms with Gasteiger partial charge in [0.1, 0.15) is 6.61 Å². The molecule has 26 heavy (non-hydrogen) atoms. The number of ether oxygens (including phenoxy) is 1. The van der Waals surface area contributed by atoms with Gasteiger partial charge in [-0.1, -0.05) is 31.0 Å². The Morgan fingerprint density at radius 3 is 2.92 bits per heavy atom. The molecule has 1 saturated carbocycles. The van der Waals surface area contributed by atoms with Gasteiger partial charge in [-0.05, 0) is 41.8 Å². The van der Waals surface area contributed by atoms with Crippen molar-refractivity contribution >= 4 is 22.5 Å². The van der Waals surface area contributed by atoms with Gasteiger partial charge in [0.2, 0.25) is 5.91 Å². The van der Waals surface area contributed by atoms with Gasteiger partial charge in [0.05, 0.1) is 5.52 Å². The number of carbonyl (C=O) groups is 1. The third-order valence-corrected chi connectivity index (χ3v) is 5.26. The average Bonchev–Trinajstić information content (AvgIpc) is 3.31. The molecule has 3 aromatic rings. The zero-order chi connectivity index (χ0) is 18.1. The topological polar surface area (TPSA) is 72.6 Å². The van der Waals surface area contributed by atoms with E-state index in [1.54, 1.807) is 11.6 Å². The maximum Gasteiger partial charge on any atom is 0.249 e. The summed E-state index contributed by atoms with van der Waals surface area (Å²) in [5.74, 6) is 0.0226. The highest BCUT2D eigenvalue weighted by Gasteiger charge is 2.27. The molecule has 4 rings (SSSR count).